The average Bonchev–Trinajstić information content (AvgIpc) is 2.87. The van der Waals surface area contributed by atoms with Crippen LogP contribution < -0.4 is 5.32 Å². The summed E-state index contributed by atoms with van der Waals surface area (Å²) in [7, 11) is 0. The van der Waals surface area contributed by atoms with Gasteiger partial charge in [0, 0.05) is 58.3 Å². The fraction of sp³-hybridized carbons (Fsp3) is 0.857. The number of rotatable bonds is 2. The molecule has 3 rings (SSSR count). The molecule has 0 bridgehead atoms. The summed E-state index contributed by atoms with van der Waals surface area (Å²) >= 11 is 0. The second-order valence-electron chi connectivity index (χ2n) is 6.03. The molecule has 3 fully saturated rings. The first kappa shape index (κ1) is 13.8. The predicted octanol–water partition coefficient (Wildman–Crippen LogP) is -0.887. The molecule has 0 aromatic rings. The van der Waals surface area contributed by atoms with Crippen LogP contribution in [0.1, 0.15) is 19.8 Å². The van der Waals surface area contributed by atoms with Crippen LogP contribution in [0.5, 0.6) is 0 Å². The Balaban J connectivity index is 1.58. The van der Waals surface area contributed by atoms with Crippen LogP contribution in [0.25, 0.3) is 0 Å². The molecule has 1 N–H and O–H groups in total. The molecule has 2 atom stereocenters. The van der Waals surface area contributed by atoms with Crippen molar-refractivity contribution in [3.8, 4) is 0 Å². The lowest BCUT2D eigenvalue weighted by molar-refractivity contribution is -0.139. The van der Waals surface area contributed by atoms with Crippen LogP contribution in [0.2, 0.25) is 0 Å². The molecule has 3 aliphatic rings. The second-order valence-corrected chi connectivity index (χ2v) is 6.03. The van der Waals surface area contributed by atoms with Crippen LogP contribution in [-0.2, 0) is 9.59 Å². The van der Waals surface area contributed by atoms with Gasteiger partial charge in [0.1, 0.15) is 0 Å². The highest BCUT2D eigenvalue weighted by Gasteiger charge is 2.38. The molecule has 3 aliphatic heterocycles. The third-order valence-electron chi connectivity index (χ3n) is 4.86. The first-order chi connectivity index (χ1) is 9.66. The Bertz CT molecular complexity index is 395. The van der Waals surface area contributed by atoms with Gasteiger partial charge in [0.2, 0.25) is 11.8 Å². The molecule has 6 nitrogen and oxygen atoms in total. The standard InChI is InChI=1S/C14H24N4O2/c1-11(14(20)16-6-4-15-5-7-16)17-8-9-18-12(10-17)2-3-13(18)19/h11-12,15H,2-10H2,1H3. The maximum absolute atomic E-state index is 12.5. The van der Waals surface area contributed by atoms with Gasteiger partial charge in [-0.3, -0.25) is 14.5 Å². The molecular weight excluding hydrogens is 256 g/mol. The molecule has 0 aromatic heterocycles. The Morgan fingerprint density at radius 2 is 2.00 bits per heavy atom. The fourth-order valence-corrected chi connectivity index (χ4v) is 3.55. The largest absolute Gasteiger partial charge is 0.339 e. The summed E-state index contributed by atoms with van der Waals surface area (Å²) in [5.74, 6) is 0.528. The van der Waals surface area contributed by atoms with Crippen molar-refractivity contribution < 1.29 is 9.59 Å². The molecule has 0 saturated carbocycles. The van der Waals surface area contributed by atoms with E-state index in [4.69, 9.17) is 0 Å². The summed E-state index contributed by atoms with van der Waals surface area (Å²) in [6.07, 6.45) is 1.63. The van der Waals surface area contributed by atoms with Gasteiger partial charge in [-0.15, -0.1) is 0 Å². The van der Waals surface area contributed by atoms with Crippen molar-refractivity contribution in [2.24, 2.45) is 0 Å². The summed E-state index contributed by atoms with van der Waals surface area (Å²) < 4.78 is 0. The second kappa shape index (κ2) is 5.69. The van der Waals surface area contributed by atoms with E-state index in [-0.39, 0.29) is 17.9 Å². The molecule has 3 heterocycles. The van der Waals surface area contributed by atoms with Crippen molar-refractivity contribution in [3.05, 3.63) is 0 Å². The molecule has 20 heavy (non-hydrogen) atoms. The number of carbonyl (C=O) groups excluding carboxylic acids is 2. The van der Waals surface area contributed by atoms with Gasteiger partial charge in [0.25, 0.3) is 0 Å². The van der Waals surface area contributed by atoms with E-state index < -0.39 is 0 Å². The highest BCUT2D eigenvalue weighted by molar-refractivity contribution is 5.82. The number of amides is 2. The molecule has 3 saturated heterocycles. The van der Waals surface area contributed by atoms with Crippen LogP contribution >= 0.6 is 0 Å². The van der Waals surface area contributed by atoms with E-state index in [0.29, 0.717) is 12.5 Å². The van der Waals surface area contributed by atoms with Crippen molar-refractivity contribution in [2.45, 2.75) is 31.8 Å². The van der Waals surface area contributed by atoms with Crippen molar-refractivity contribution in [2.75, 3.05) is 45.8 Å². The maximum Gasteiger partial charge on any atom is 0.239 e. The lowest BCUT2D eigenvalue weighted by atomic mass is 10.1. The normalized spacial score (nSPS) is 29.4. The molecular formula is C14H24N4O2. The number of piperazine rings is 2. The molecule has 0 spiro atoms. The monoisotopic (exact) mass is 280 g/mol. The van der Waals surface area contributed by atoms with Crippen molar-refractivity contribution in [1.82, 2.24) is 20.0 Å². The third-order valence-corrected chi connectivity index (χ3v) is 4.86. The topological polar surface area (TPSA) is 55.9 Å². The smallest absolute Gasteiger partial charge is 0.239 e. The number of carbonyl (C=O) groups is 2. The first-order valence-electron chi connectivity index (χ1n) is 7.70. The van der Waals surface area contributed by atoms with Crippen LogP contribution in [0.3, 0.4) is 0 Å². The Morgan fingerprint density at radius 1 is 1.25 bits per heavy atom. The lowest BCUT2D eigenvalue weighted by Gasteiger charge is -2.41. The van der Waals surface area contributed by atoms with Crippen LogP contribution in [0.4, 0.5) is 0 Å². The van der Waals surface area contributed by atoms with Crippen LogP contribution in [-0.4, -0.2) is 84.4 Å². The van der Waals surface area contributed by atoms with Crippen LogP contribution in [0, 0.1) is 0 Å². The van der Waals surface area contributed by atoms with Gasteiger partial charge in [-0.1, -0.05) is 0 Å². The molecule has 0 aromatic carbocycles. The van der Waals surface area contributed by atoms with E-state index in [0.717, 1.165) is 52.2 Å². The first-order valence-corrected chi connectivity index (χ1v) is 7.70. The molecule has 0 radical (unpaired) electrons. The predicted molar refractivity (Wildman–Crippen MR) is 75.2 cm³/mol. The lowest BCUT2D eigenvalue weighted by Crippen LogP contribution is -2.59. The summed E-state index contributed by atoms with van der Waals surface area (Å²) in [4.78, 5) is 30.4. The number of fused-ring (bicyclic) bond motifs is 1. The van der Waals surface area contributed by atoms with Crippen molar-refractivity contribution in [1.29, 1.82) is 0 Å². The Labute approximate surface area is 120 Å². The quantitative estimate of drug-likeness (QED) is 0.713. The highest BCUT2D eigenvalue weighted by Crippen LogP contribution is 2.24. The average molecular weight is 280 g/mol. The number of nitrogens with one attached hydrogen (secondary N) is 1. The Morgan fingerprint density at radius 3 is 2.75 bits per heavy atom. The van der Waals surface area contributed by atoms with Gasteiger partial charge in [0.05, 0.1) is 6.04 Å². The van der Waals surface area contributed by atoms with E-state index in [1.54, 1.807) is 0 Å². The van der Waals surface area contributed by atoms with Gasteiger partial charge in [-0.25, -0.2) is 0 Å². The summed E-state index contributed by atoms with van der Waals surface area (Å²) in [5.41, 5.74) is 0. The summed E-state index contributed by atoms with van der Waals surface area (Å²) in [6, 6.07) is 0.264. The van der Waals surface area contributed by atoms with Gasteiger partial charge in [-0.05, 0) is 13.3 Å². The zero-order chi connectivity index (χ0) is 14.1. The Kier molecular flexibility index (Phi) is 3.94. The van der Waals surface area contributed by atoms with Gasteiger partial charge in [0.15, 0.2) is 0 Å². The number of nitrogens with zero attached hydrogens (tertiary/aromatic N) is 3. The Hall–Kier alpha value is -1.14. The number of hydrogen-bond acceptors (Lipinski definition) is 4. The molecule has 2 amide bonds. The van der Waals surface area contributed by atoms with Crippen molar-refractivity contribution in [3.63, 3.8) is 0 Å². The fourth-order valence-electron chi connectivity index (χ4n) is 3.55. The minimum atomic E-state index is -0.0639. The van der Waals surface area contributed by atoms with E-state index in [1.807, 2.05) is 16.7 Å². The molecule has 112 valence electrons. The summed E-state index contributed by atoms with van der Waals surface area (Å²) in [6.45, 7) is 7.87. The van der Waals surface area contributed by atoms with E-state index in [9.17, 15) is 9.59 Å². The molecule has 0 aliphatic carbocycles. The zero-order valence-electron chi connectivity index (χ0n) is 12.2. The minimum Gasteiger partial charge on any atom is -0.339 e. The SMILES string of the molecule is CC(C(=O)N1CCNCC1)N1CCN2C(=O)CCC2C1. The van der Waals surface area contributed by atoms with E-state index in [2.05, 4.69) is 10.2 Å². The highest BCUT2D eigenvalue weighted by atomic mass is 16.2. The third kappa shape index (κ3) is 2.54. The molecule has 2 unspecified atom stereocenters. The van der Waals surface area contributed by atoms with Gasteiger partial charge in [-0.2, -0.15) is 0 Å². The van der Waals surface area contributed by atoms with E-state index in [1.165, 1.54) is 0 Å². The van der Waals surface area contributed by atoms with Gasteiger partial charge >= 0.3 is 0 Å². The maximum atomic E-state index is 12.5. The van der Waals surface area contributed by atoms with E-state index >= 15 is 0 Å². The summed E-state index contributed by atoms with van der Waals surface area (Å²) in [5, 5.41) is 3.27. The van der Waals surface area contributed by atoms with Crippen LogP contribution in [0.15, 0.2) is 0 Å². The minimum absolute atomic E-state index is 0.0639. The number of hydrogen-bond donors (Lipinski definition) is 1. The van der Waals surface area contributed by atoms with Gasteiger partial charge < -0.3 is 15.1 Å². The van der Waals surface area contributed by atoms with Crippen molar-refractivity contribution >= 4 is 11.8 Å². The zero-order valence-corrected chi connectivity index (χ0v) is 12.2. The molecule has 6 heteroatoms.